The molecule has 2 aromatic carbocycles. The molecule has 0 N–H and O–H groups in total. The number of rotatable bonds is 11. The average molecular weight is 407 g/mol. The number of unbranched alkanes of at least 4 members (excludes halogenated alkanes) is 3. The van der Waals surface area contributed by atoms with Gasteiger partial charge in [0.05, 0.1) is 13.2 Å². The Kier molecular flexibility index (Phi) is 8.60. The third-order valence-corrected chi connectivity index (χ3v) is 4.84. The maximum atomic E-state index is 6.08. The van der Waals surface area contributed by atoms with Crippen molar-refractivity contribution in [2.75, 3.05) is 18.5 Å². The number of alkyl halides is 1. The lowest BCUT2D eigenvalue weighted by Gasteiger charge is -2.15. The zero-order valence-corrected chi connectivity index (χ0v) is 17.4. The van der Waals surface area contributed by atoms with Crippen molar-refractivity contribution in [3.05, 3.63) is 35.9 Å². The second-order valence-corrected chi connectivity index (χ2v) is 7.73. The van der Waals surface area contributed by atoms with Crippen LogP contribution in [0.3, 0.4) is 0 Å². The topological polar surface area (TPSA) is 18.5 Å². The Labute approximate surface area is 161 Å². The number of benzene rings is 2. The largest absolute Gasteiger partial charge is 0.493 e. The molecule has 0 aromatic heterocycles. The zero-order valence-electron chi connectivity index (χ0n) is 15.8. The minimum atomic E-state index is 0.534. The lowest BCUT2D eigenvalue weighted by Crippen LogP contribution is -2.04. The van der Waals surface area contributed by atoms with Crippen molar-refractivity contribution in [1.29, 1.82) is 0 Å². The van der Waals surface area contributed by atoms with E-state index in [4.69, 9.17) is 9.47 Å². The lowest BCUT2D eigenvalue weighted by molar-refractivity contribution is 0.271. The van der Waals surface area contributed by atoms with E-state index in [1.165, 1.54) is 35.6 Å². The Bertz CT molecular complexity index is 652. The van der Waals surface area contributed by atoms with Gasteiger partial charge in [0.25, 0.3) is 0 Å². The Balaban J connectivity index is 2.05. The van der Waals surface area contributed by atoms with Crippen molar-refractivity contribution in [3.63, 3.8) is 0 Å². The summed E-state index contributed by atoms with van der Waals surface area (Å²) in [6, 6.07) is 10.7. The second-order valence-electron chi connectivity index (χ2n) is 6.94. The molecule has 25 heavy (non-hydrogen) atoms. The Morgan fingerprint density at radius 2 is 1.76 bits per heavy atom. The van der Waals surface area contributed by atoms with Gasteiger partial charge in [-0.2, -0.15) is 0 Å². The highest BCUT2D eigenvalue weighted by atomic mass is 79.9. The zero-order chi connectivity index (χ0) is 18.1. The SMILES string of the molecule is CCc1c(OCCCCCCBr)ccc2cc(OCC(C)C)ccc12. The molecule has 0 aliphatic carbocycles. The highest BCUT2D eigenvalue weighted by Gasteiger charge is 2.09. The van der Waals surface area contributed by atoms with Crippen molar-refractivity contribution in [2.45, 2.75) is 52.9 Å². The van der Waals surface area contributed by atoms with E-state index < -0.39 is 0 Å². The fourth-order valence-corrected chi connectivity index (χ4v) is 3.33. The monoisotopic (exact) mass is 406 g/mol. The van der Waals surface area contributed by atoms with Gasteiger partial charge in [0.2, 0.25) is 0 Å². The number of aryl methyl sites for hydroxylation is 1. The molecular formula is C22H31BrO2. The van der Waals surface area contributed by atoms with Crippen molar-refractivity contribution in [3.8, 4) is 11.5 Å². The number of hydrogen-bond donors (Lipinski definition) is 0. The van der Waals surface area contributed by atoms with Crippen molar-refractivity contribution >= 4 is 26.7 Å². The van der Waals surface area contributed by atoms with Crippen LogP contribution in [0.1, 0.15) is 52.0 Å². The molecule has 0 fully saturated rings. The molecule has 0 heterocycles. The fraction of sp³-hybridized carbons (Fsp3) is 0.545. The second kappa shape index (κ2) is 10.7. The average Bonchev–Trinajstić information content (AvgIpc) is 2.62. The summed E-state index contributed by atoms with van der Waals surface area (Å²) in [5, 5.41) is 3.60. The third kappa shape index (κ3) is 6.22. The van der Waals surface area contributed by atoms with E-state index in [0.717, 1.165) is 42.9 Å². The maximum absolute atomic E-state index is 6.08. The molecule has 0 bridgehead atoms. The minimum absolute atomic E-state index is 0.534. The number of halogens is 1. The quantitative estimate of drug-likeness (QED) is 0.302. The lowest BCUT2D eigenvalue weighted by atomic mass is 10.0. The number of fused-ring (bicyclic) bond motifs is 1. The van der Waals surface area contributed by atoms with Crippen LogP contribution in [0.2, 0.25) is 0 Å². The molecule has 0 unspecified atom stereocenters. The van der Waals surface area contributed by atoms with Crippen LogP contribution in [0, 0.1) is 5.92 Å². The van der Waals surface area contributed by atoms with E-state index in [9.17, 15) is 0 Å². The molecule has 138 valence electrons. The van der Waals surface area contributed by atoms with E-state index in [1.807, 2.05) is 0 Å². The predicted molar refractivity (Wildman–Crippen MR) is 111 cm³/mol. The van der Waals surface area contributed by atoms with E-state index in [1.54, 1.807) is 0 Å². The summed E-state index contributed by atoms with van der Waals surface area (Å²) in [5.41, 5.74) is 1.30. The molecule has 0 atom stereocenters. The summed E-state index contributed by atoms with van der Waals surface area (Å²) in [5.74, 6) is 2.52. The third-order valence-electron chi connectivity index (χ3n) is 4.28. The summed E-state index contributed by atoms with van der Waals surface area (Å²) in [6.45, 7) is 8.08. The van der Waals surface area contributed by atoms with Gasteiger partial charge in [0.1, 0.15) is 11.5 Å². The number of hydrogen-bond acceptors (Lipinski definition) is 2. The van der Waals surface area contributed by atoms with Gasteiger partial charge in [0.15, 0.2) is 0 Å². The standard InChI is InChI=1S/C22H31BrO2/c1-4-20-21-11-10-19(25-16-17(2)3)15-18(21)9-12-22(20)24-14-8-6-5-7-13-23/h9-12,15,17H,4-8,13-14,16H2,1-3H3. The molecule has 0 spiro atoms. The molecule has 0 amide bonds. The highest BCUT2D eigenvalue weighted by molar-refractivity contribution is 9.09. The van der Waals surface area contributed by atoms with Gasteiger partial charge in [-0.1, -0.05) is 61.7 Å². The highest BCUT2D eigenvalue weighted by Crippen LogP contribution is 2.31. The molecule has 2 rings (SSSR count). The summed E-state index contributed by atoms with van der Waals surface area (Å²) < 4.78 is 11.9. The van der Waals surface area contributed by atoms with Crippen LogP contribution in [0.4, 0.5) is 0 Å². The fourth-order valence-electron chi connectivity index (χ4n) is 2.94. The van der Waals surface area contributed by atoms with Crippen LogP contribution >= 0.6 is 15.9 Å². The summed E-state index contributed by atoms with van der Waals surface area (Å²) in [7, 11) is 0. The van der Waals surface area contributed by atoms with Gasteiger partial charge in [-0.15, -0.1) is 0 Å². The van der Waals surface area contributed by atoms with Gasteiger partial charge in [0, 0.05) is 10.9 Å². The first kappa shape index (κ1) is 20.1. The summed E-state index contributed by atoms with van der Waals surface area (Å²) in [4.78, 5) is 0. The smallest absolute Gasteiger partial charge is 0.123 e. The molecule has 2 aromatic rings. The molecule has 0 saturated heterocycles. The Hall–Kier alpha value is -1.22. The van der Waals surface area contributed by atoms with E-state index in [0.29, 0.717) is 5.92 Å². The maximum Gasteiger partial charge on any atom is 0.123 e. The normalized spacial score (nSPS) is 11.2. The molecule has 3 heteroatoms. The Morgan fingerprint density at radius 3 is 2.48 bits per heavy atom. The van der Waals surface area contributed by atoms with E-state index >= 15 is 0 Å². The molecular weight excluding hydrogens is 376 g/mol. The first-order valence-corrected chi connectivity index (χ1v) is 10.6. The molecule has 0 radical (unpaired) electrons. The van der Waals surface area contributed by atoms with Gasteiger partial charge < -0.3 is 9.47 Å². The van der Waals surface area contributed by atoms with Crippen LogP contribution in [0.5, 0.6) is 11.5 Å². The molecule has 2 nitrogen and oxygen atoms in total. The van der Waals surface area contributed by atoms with E-state index in [-0.39, 0.29) is 0 Å². The van der Waals surface area contributed by atoms with Gasteiger partial charge >= 0.3 is 0 Å². The first-order valence-electron chi connectivity index (χ1n) is 9.53. The predicted octanol–water partition coefficient (Wildman–Crippen LogP) is 6.77. The van der Waals surface area contributed by atoms with Crippen LogP contribution in [0.15, 0.2) is 30.3 Å². The van der Waals surface area contributed by atoms with Crippen molar-refractivity contribution < 1.29 is 9.47 Å². The van der Waals surface area contributed by atoms with Crippen LogP contribution in [-0.2, 0) is 6.42 Å². The Morgan fingerprint density at radius 1 is 0.960 bits per heavy atom. The summed E-state index contributed by atoms with van der Waals surface area (Å²) >= 11 is 3.48. The van der Waals surface area contributed by atoms with Gasteiger partial charge in [-0.3, -0.25) is 0 Å². The first-order chi connectivity index (χ1) is 12.2. The molecule has 0 aliphatic rings. The minimum Gasteiger partial charge on any atom is -0.493 e. The van der Waals surface area contributed by atoms with Crippen LogP contribution in [-0.4, -0.2) is 18.5 Å². The number of ether oxygens (including phenoxy) is 2. The molecule has 0 aliphatic heterocycles. The van der Waals surface area contributed by atoms with Crippen LogP contribution in [0.25, 0.3) is 10.8 Å². The van der Waals surface area contributed by atoms with Gasteiger partial charge in [-0.05, 0) is 54.2 Å². The summed E-state index contributed by atoms with van der Waals surface area (Å²) in [6.07, 6.45) is 5.85. The van der Waals surface area contributed by atoms with E-state index in [2.05, 4.69) is 67.0 Å². The van der Waals surface area contributed by atoms with Crippen molar-refractivity contribution in [2.24, 2.45) is 5.92 Å². The molecule has 0 saturated carbocycles. The van der Waals surface area contributed by atoms with Crippen molar-refractivity contribution in [1.82, 2.24) is 0 Å². The van der Waals surface area contributed by atoms with Gasteiger partial charge in [-0.25, -0.2) is 0 Å². The van der Waals surface area contributed by atoms with Crippen LogP contribution < -0.4 is 9.47 Å².